The van der Waals surface area contributed by atoms with Crippen LogP contribution in [0.5, 0.6) is 0 Å². The summed E-state index contributed by atoms with van der Waals surface area (Å²) < 4.78 is 5.23. The number of nitrogens with one attached hydrogen (secondary N) is 1. The van der Waals surface area contributed by atoms with Gasteiger partial charge in [0.25, 0.3) is 0 Å². The van der Waals surface area contributed by atoms with Crippen LogP contribution in [0.2, 0.25) is 0 Å². The molecule has 1 aliphatic rings. The number of methoxy groups -OCH3 is 1. The molecule has 0 aliphatic heterocycles. The van der Waals surface area contributed by atoms with Gasteiger partial charge in [0.2, 0.25) is 0 Å². The molecule has 1 aliphatic carbocycles. The van der Waals surface area contributed by atoms with Gasteiger partial charge in [-0.2, -0.15) is 0 Å². The van der Waals surface area contributed by atoms with Crippen LogP contribution < -0.4 is 11.3 Å². The van der Waals surface area contributed by atoms with E-state index >= 15 is 0 Å². The van der Waals surface area contributed by atoms with Crippen molar-refractivity contribution >= 4 is 0 Å². The highest BCUT2D eigenvalue weighted by atomic mass is 16.5. The van der Waals surface area contributed by atoms with E-state index in [0.717, 1.165) is 18.9 Å². The Balaban J connectivity index is 2.87. The highest BCUT2D eigenvalue weighted by Gasteiger charge is 2.45. The number of hydrogen-bond donors (Lipinski definition) is 2. The normalized spacial score (nSPS) is 31.4. The highest BCUT2D eigenvalue weighted by molar-refractivity contribution is 5.02. The molecule has 1 fully saturated rings. The minimum absolute atomic E-state index is 0.180. The van der Waals surface area contributed by atoms with E-state index < -0.39 is 0 Å². The summed E-state index contributed by atoms with van der Waals surface area (Å²) in [5, 5.41) is 0. The lowest BCUT2D eigenvalue weighted by atomic mass is 9.68. The Hall–Kier alpha value is -0.160. The van der Waals surface area contributed by atoms with Crippen LogP contribution in [-0.4, -0.2) is 44.3 Å². The lowest BCUT2D eigenvalue weighted by molar-refractivity contribution is 0.0127. The monoisotopic (exact) mass is 271 g/mol. The third-order valence-corrected chi connectivity index (χ3v) is 5.00. The molecule has 4 unspecified atom stereocenters. The van der Waals surface area contributed by atoms with Gasteiger partial charge in [0.1, 0.15) is 0 Å². The summed E-state index contributed by atoms with van der Waals surface area (Å²) in [5.41, 5.74) is 3.31. The third-order valence-electron chi connectivity index (χ3n) is 5.00. The van der Waals surface area contributed by atoms with Crippen molar-refractivity contribution < 1.29 is 4.74 Å². The number of ether oxygens (including phenoxy) is 1. The standard InChI is InChI=1S/C15H33N3O/c1-12-7-6-9-15(11-12,18(3)4)14(17-16)13(2)8-10-19-5/h12-14,17H,6-11,16H2,1-5H3. The Morgan fingerprint density at radius 1 is 1.47 bits per heavy atom. The van der Waals surface area contributed by atoms with Crippen LogP contribution in [0.15, 0.2) is 0 Å². The van der Waals surface area contributed by atoms with Crippen molar-refractivity contribution in [1.82, 2.24) is 10.3 Å². The van der Waals surface area contributed by atoms with Gasteiger partial charge in [0.05, 0.1) is 0 Å². The van der Waals surface area contributed by atoms with Crippen LogP contribution >= 0.6 is 0 Å². The first-order chi connectivity index (χ1) is 8.97. The Labute approximate surface area is 119 Å². The van der Waals surface area contributed by atoms with Gasteiger partial charge in [0, 0.05) is 25.3 Å². The van der Waals surface area contributed by atoms with Crippen molar-refractivity contribution in [2.24, 2.45) is 17.7 Å². The quantitative estimate of drug-likeness (QED) is 0.549. The second kappa shape index (κ2) is 7.58. The average Bonchev–Trinajstić information content (AvgIpc) is 2.37. The molecular weight excluding hydrogens is 238 g/mol. The predicted octanol–water partition coefficient (Wildman–Crippen LogP) is 2.00. The second-order valence-corrected chi connectivity index (χ2v) is 6.60. The Bertz CT molecular complexity index is 260. The molecule has 4 heteroatoms. The molecule has 0 heterocycles. The Kier molecular flexibility index (Phi) is 6.74. The first kappa shape index (κ1) is 16.9. The molecule has 1 rings (SSSR count). The molecule has 0 amide bonds. The van der Waals surface area contributed by atoms with Crippen LogP contribution in [0.4, 0.5) is 0 Å². The fourth-order valence-corrected chi connectivity index (χ4v) is 3.85. The number of nitrogens with zero attached hydrogens (tertiary/aromatic N) is 1. The summed E-state index contributed by atoms with van der Waals surface area (Å²) in [6.07, 6.45) is 6.16. The van der Waals surface area contributed by atoms with Gasteiger partial charge in [-0.3, -0.25) is 11.3 Å². The number of nitrogens with two attached hydrogens (primary N) is 1. The van der Waals surface area contributed by atoms with Gasteiger partial charge in [-0.25, -0.2) is 0 Å². The van der Waals surface area contributed by atoms with Gasteiger partial charge < -0.3 is 9.64 Å². The number of hydrazine groups is 1. The fraction of sp³-hybridized carbons (Fsp3) is 1.00. The molecule has 4 nitrogen and oxygen atoms in total. The van der Waals surface area contributed by atoms with Gasteiger partial charge in [-0.05, 0) is 45.2 Å². The maximum Gasteiger partial charge on any atom is 0.0465 e. The van der Waals surface area contributed by atoms with E-state index in [0.29, 0.717) is 12.0 Å². The summed E-state index contributed by atoms with van der Waals surface area (Å²) in [7, 11) is 6.17. The molecule has 4 atom stereocenters. The first-order valence-electron chi connectivity index (χ1n) is 7.60. The van der Waals surface area contributed by atoms with E-state index in [1.54, 1.807) is 7.11 Å². The molecule has 114 valence electrons. The SMILES string of the molecule is COCCC(C)C(NN)C1(N(C)C)CCCC(C)C1. The van der Waals surface area contributed by atoms with E-state index in [1.807, 2.05) is 0 Å². The number of likely N-dealkylation sites (N-methyl/N-ethyl adjacent to an activating group) is 1. The number of rotatable bonds is 7. The highest BCUT2D eigenvalue weighted by Crippen LogP contribution is 2.40. The predicted molar refractivity (Wildman–Crippen MR) is 80.8 cm³/mol. The maximum atomic E-state index is 5.93. The first-order valence-corrected chi connectivity index (χ1v) is 7.60. The van der Waals surface area contributed by atoms with E-state index in [9.17, 15) is 0 Å². The van der Waals surface area contributed by atoms with Gasteiger partial charge in [-0.15, -0.1) is 0 Å². The fourth-order valence-electron chi connectivity index (χ4n) is 3.85. The van der Waals surface area contributed by atoms with Crippen LogP contribution in [0.1, 0.15) is 46.0 Å². The Morgan fingerprint density at radius 2 is 2.16 bits per heavy atom. The lowest BCUT2D eigenvalue weighted by Gasteiger charge is -2.51. The zero-order valence-corrected chi connectivity index (χ0v) is 13.4. The van der Waals surface area contributed by atoms with Crippen molar-refractivity contribution in [3.05, 3.63) is 0 Å². The van der Waals surface area contributed by atoms with E-state index in [4.69, 9.17) is 10.6 Å². The van der Waals surface area contributed by atoms with Crippen LogP contribution in [0, 0.1) is 11.8 Å². The van der Waals surface area contributed by atoms with Crippen molar-refractivity contribution in [2.45, 2.75) is 57.5 Å². The average molecular weight is 271 g/mol. The minimum atomic E-state index is 0.180. The van der Waals surface area contributed by atoms with Crippen molar-refractivity contribution in [1.29, 1.82) is 0 Å². The van der Waals surface area contributed by atoms with Crippen LogP contribution in [0.25, 0.3) is 0 Å². The largest absolute Gasteiger partial charge is 0.385 e. The van der Waals surface area contributed by atoms with E-state index in [-0.39, 0.29) is 5.54 Å². The molecule has 0 radical (unpaired) electrons. The molecule has 3 N–H and O–H groups in total. The molecule has 0 spiro atoms. The molecule has 0 bridgehead atoms. The van der Waals surface area contributed by atoms with Crippen molar-refractivity contribution in [3.8, 4) is 0 Å². The minimum Gasteiger partial charge on any atom is -0.385 e. The summed E-state index contributed by atoms with van der Waals surface area (Å²) in [5.74, 6) is 7.22. The van der Waals surface area contributed by atoms with E-state index in [1.165, 1.54) is 25.7 Å². The summed E-state index contributed by atoms with van der Waals surface area (Å²) in [4.78, 5) is 2.40. The topological polar surface area (TPSA) is 50.5 Å². The summed E-state index contributed by atoms with van der Waals surface area (Å²) >= 11 is 0. The molecule has 0 aromatic carbocycles. The van der Waals surface area contributed by atoms with Crippen LogP contribution in [-0.2, 0) is 4.74 Å². The van der Waals surface area contributed by atoms with E-state index in [2.05, 4.69) is 38.3 Å². The zero-order chi connectivity index (χ0) is 14.5. The molecule has 1 saturated carbocycles. The third kappa shape index (κ3) is 3.91. The molecule has 0 aromatic rings. The van der Waals surface area contributed by atoms with Crippen molar-refractivity contribution in [2.75, 3.05) is 27.8 Å². The molecule has 0 aromatic heterocycles. The summed E-state index contributed by atoms with van der Waals surface area (Å²) in [6, 6.07) is 0.320. The van der Waals surface area contributed by atoms with Gasteiger partial charge in [-0.1, -0.05) is 26.7 Å². The smallest absolute Gasteiger partial charge is 0.0465 e. The second-order valence-electron chi connectivity index (χ2n) is 6.60. The number of hydrogen-bond acceptors (Lipinski definition) is 4. The van der Waals surface area contributed by atoms with Crippen molar-refractivity contribution in [3.63, 3.8) is 0 Å². The lowest BCUT2D eigenvalue weighted by Crippen LogP contribution is -2.64. The molecule has 19 heavy (non-hydrogen) atoms. The molecular formula is C15H33N3O. The molecule has 0 saturated heterocycles. The van der Waals surface area contributed by atoms with Gasteiger partial charge in [0.15, 0.2) is 0 Å². The van der Waals surface area contributed by atoms with Gasteiger partial charge >= 0.3 is 0 Å². The van der Waals surface area contributed by atoms with Crippen LogP contribution in [0.3, 0.4) is 0 Å². The zero-order valence-electron chi connectivity index (χ0n) is 13.4. The Morgan fingerprint density at radius 3 is 2.63 bits per heavy atom. The maximum absolute atomic E-state index is 5.93. The summed E-state index contributed by atoms with van der Waals surface area (Å²) in [6.45, 7) is 5.46.